The third-order valence-corrected chi connectivity index (χ3v) is 5.39. The number of hydrogen-bond donors (Lipinski definition) is 3. The van der Waals surface area contributed by atoms with E-state index in [-0.39, 0.29) is 0 Å². The molecule has 7 heteroatoms. The van der Waals surface area contributed by atoms with Crippen LogP contribution in [0.4, 0.5) is 0 Å². The molecule has 23 heavy (non-hydrogen) atoms. The molecule has 1 saturated carbocycles. The van der Waals surface area contributed by atoms with Crippen molar-refractivity contribution in [2.24, 2.45) is 4.99 Å². The van der Waals surface area contributed by atoms with Crippen LogP contribution in [0.5, 0.6) is 0 Å². The number of aliphatic hydroxyl groups is 1. The Bertz CT molecular complexity index is 518. The zero-order valence-electron chi connectivity index (χ0n) is 14.1. The molecule has 130 valence electrons. The van der Waals surface area contributed by atoms with E-state index in [4.69, 9.17) is 11.6 Å². The summed E-state index contributed by atoms with van der Waals surface area (Å²) in [6.45, 7) is 6.18. The van der Waals surface area contributed by atoms with Gasteiger partial charge in [0, 0.05) is 30.1 Å². The van der Waals surface area contributed by atoms with E-state index in [9.17, 15) is 5.11 Å². The minimum atomic E-state index is -0.581. The molecule has 0 radical (unpaired) electrons. The highest BCUT2D eigenvalue weighted by Crippen LogP contribution is 2.27. The second kappa shape index (κ2) is 8.87. The Morgan fingerprint density at radius 1 is 1.48 bits per heavy atom. The van der Waals surface area contributed by atoms with Crippen molar-refractivity contribution < 1.29 is 5.11 Å². The lowest BCUT2D eigenvalue weighted by atomic mass is 10.3. The maximum atomic E-state index is 10.2. The highest BCUT2D eigenvalue weighted by molar-refractivity contribution is 7.16. The van der Waals surface area contributed by atoms with Crippen LogP contribution in [-0.4, -0.2) is 54.7 Å². The lowest BCUT2D eigenvalue weighted by molar-refractivity contribution is 0.184. The number of nitrogens with one attached hydrogen (secondary N) is 2. The van der Waals surface area contributed by atoms with Gasteiger partial charge >= 0.3 is 0 Å². The van der Waals surface area contributed by atoms with Gasteiger partial charge in [0.15, 0.2) is 5.96 Å². The van der Waals surface area contributed by atoms with E-state index < -0.39 is 6.10 Å². The summed E-state index contributed by atoms with van der Waals surface area (Å²) in [6, 6.07) is 4.82. The van der Waals surface area contributed by atoms with Crippen LogP contribution < -0.4 is 10.6 Å². The molecule has 0 spiro atoms. The SMILES string of the molecule is CCNC(=NCC(C)N(C)C1CC1)NCC(O)c1ccc(Cl)s1. The summed E-state index contributed by atoms with van der Waals surface area (Å²) < 4.78 is 0.691. The molecule has 1 heterocycles. The molecule has 3 N–H and O–H groups in total. The van der Waals surface area contributed by atoms with Gasteiger partial charge < -0.3 is 15.7 Å². The summed E-state index contributed by atoms with van der Waals surface area (Å²) in [5, 5.41) is 16.6. The largest absolute Gasteiger partial charge is 0.386 e. The molecule has 1 aromatic rings. The third-order valence-electron chi connectivity index (χ3n) is 4.06. The van der Waals surface area contributed by atoms with Gasteiger partial charge in [0.2, 0.25) is 0 Å². The molecule has 0 aromatic carbocycles. The third kappa shape index (κ3) is 5.95. The summed E-state index contributed by atoms with van der Waals surface area (Å²) in [4.78, 5) is 7.89. The van der Waals surface area contributed by atoms with Crippen molar-refractivity contribution in [3.8, 4) is 0 Å². The van der Waals surface area contributed by atoms with Crippen molar-refractivity contribution >= 4 is 28.9 Å². The quantitative estimate of drug-likeness (QED) is 0.493. The summed E-state index contributed by atoms with van der Waals surface area (Å²) in [7, 11) is 2.17. The first kappa shape index (κ1) is 18.5. The number of nitrogens with zero attached hydrogens (tertiary/aromatic N) is 2. The molecule has 1 aromatic heterocycles. The van der Waals surface area contributed by atoms with Gasteiger partial charge in [-0.2, -0.15) is 0 Å². The van der Waals surface area contributed by atoms with Gasteiger partial charge in [0.05, 0.1) is 10.9 Å². The van der Waals surface area contributed by atoms with Gasteiger partial charge in [-0.05, 0) is 45.9 Å². The van der Waals surface area contributed by atoms with Gasteiger partial charge in [-0.3, -0.25) is 9.89 Å². The predicted molar refractivity (Wildman–Crippen MR) is 98.5 cm³/mol. The summed E-state index contributed by atoms with van der Waals surface area (Å²) in [6.07, 6.45) is 2.03. The molecule has 5 nitrogen and oxygen atoms in total. The standard InChI is InChI=1S/C16H27ClN4OS/c1-4-18-16(19-9-11(2)21(3)12-5-6-12)20-10-13(22)14-7-8-15(17)23-14/h7-8,11-13,22H,4-6,9-10H2,1-3H3,(H2,18,19,20). The number of likely N-dealkylation sites (N-methyl/N-ethyl adjacent to an activating group) is 1. The molecule has 2 rings (SSSR count). The van der Waals surface area contributed by atoms with Crippen LogP contribution in [0.1, 0.15) is 37.7 Å². The van der Waals surface area contributed by atoms with E-state index in [1.54, 1.807) is 6.07 Å². The highest BCUT2D eigenvalue weighted by atomic mass is 35.5. The van der Waals surface area contributed by atoms with Gasteiger partial charge in [0.1, 0.15) is 6.10 Å². The number of aliphatic hydroxyl groups excluding tert-OH is 1. The summed E-state index contributed by atoms with van der Waals surface area (Å²) in [5.41, 5.74) is 0. The fraction of sp³-hybridized carbons (Fsp3) is 0.688. The number of halogens is 1. The number of rotatable bonds is 8. The second-order valence-corrected chi connectivity index (χ2v) is 7.75. The molecule has 0 bridgehead atoms. The Labute approximate surface area is 147 Å². The molecule has 0 amide bonds. The minimum Gasteiger partial charge on any atom is -0.386 e. The minimum absolute atomic E-state index is 0.412. The van der Waals surface area contributed by atoms with Crippen LogP contribution in [0.25, 0.3) is 0 Å². The van der Waals surface area contributed by atoms with Crippen LogP contribution >= 0.6 is 22.9 Å². The zero-order chi connectivity index (χ0) is 16.8. The normalized spacial score (nSPS) is 18.1. The van der Waals surface area contributed by atoms with Gasteiger partial charge in [-0.25, -0.2) is 0 Å². The number of aliphatic imine (C=N–C) groups is 1. The monoisotopic (exact) mass is 358 g/mol. The first-order valence-corrected chi connectivity index (χ1v) is 9.38. The predicted octanol–water partition coefficient (Wildman–Crippen LogP) is 2.47. The smallest absolute Gasteiger partial charge is 0.191 e. The van der Waals surface area contributed by atoms with Crippen molar-refractivity contribution in [2.45, 2.75) is 44.9 Å². The van der Waals surface area contributed by atoms with Gasteiger partial charge in [-0.1, -0.05) is 11.6 Å². The summed E-state index contributed by atoms with van der Waals surface area (Å²) >= 11 is 7.31. The van der Waals surface area contributed by atoms with E-state index in [2.05, 4.69) is 34.5 Å². The highest BCUT2D eigenvalue weighted by Gasteiger charge is 2.28. The van der Waals surface area contributed by atoms with Crippen molar-refractivity contribution in [1.82, 2.24) is 15.5 Å². The molecule has 1 fully saturated rings. The molecular weight excluding hydrogens is 332 g/mol. The topological polar surface area (TPSA) is 59.9 Å². The Morgan fingerprint density at radius 2 is 2.22 bits per heavy atom. The molecule has 0 aliphatic heterocycles. The molecule has 1 aliphatic carbocycles. The number of guanidine groups is 1. The Balaban J connectivity index is 1.83. The Morgan fingerprint density at radius 3 is 2.78 bits per heavy atom. The van der Waals surface area contributed by atoms with Crippen LogP contribution in [0.15, 0.2) is 17.1 Å². The fourth-order valence-electron chi connectivity index (χ4n) is 2.34. The molecular formula is C16H27ClN4OS. The average Bonchev–Trinajstić information content (AvgIpc) is 3.29. The Kier molecular flexibility index (Phi) is 7.14. The van der Waals surface area contributed by atoms with Crippen molar-refractivity contribution in [1.29, 1.82) is 0 Å². The van der Waals surface area contributed by atoms with Crippen LogP contribution in [0, 0.1) is 0 Å². The van der Waals surface area contributed by atoms with E-state index in [0.717, 1.165) is 30.0 Å². The van der Waals surface area contributed by atoms with E-state index in [0.29, 0.717) is 16.9 Å². The average molecular weight is 359 g/mol. The van der Waals surface area contributed by atoms with Crippen LogP contribution in [-0.2, 0) is 0 Å². The van der Waals surface area contributed by atoms with Crippen molar-refractivity contribution in [3.63, 3.8) is 0 Å². The van der Waals surface area contributed by atoms with E-state index in [1.165, 1.54) is 24.2 Å². The summed E-state index contributed by atoms with van der Waals surface area (Å²) in [5.74, 6) is 0.741. The maximum Gasteiger partial charge on any atom is 0.191 e. The van der Waals surface area contributed by atoms with Crippen molar-refractivity contribution in [2.75, 3.05) is 26.7 Å². The second-order valence-electron chi connectivity index (χ2n) is 6.00. The zero-order valence-corrected chi connectivity index (χ0v) is 15.6. The Hall–Kier alpha value is -0.820. The van der Waals surface area contributed by atoms with Gasteiger partial charge in [-0.15, -0.1) is 11.3 Å². The van der Waals surface area contributed by atoms with Gasteiger partial charge in [0.25, 0.3) is 0 Å². The lowest BCUT2D eigenvalue weighted by Crippen LogP contribution is -2.41. The fourth-order valence-corrected chi connectivity index (χ4v) is 3.38. The first-order chi connectivity index (χ1) is 11.0. The molecule has 2 atom stereocenters. The number of hydrogen-bond acceptors (Lipinski definition) is 4. The van der Waals surface area contributed by atoms with E-state index >= 15 is 0 Å². The molecule has 1 aliphatic rings. The maximum absolute atomic E-state index is 10.2. The molecule has 2 unspecified atom stereocenters. The van der Waals surface area contributed by atoms with Crippen LogP contribution in [0.2, 0.25) is 4.34 Å². The van der Waals surface area contributed by atoms with Crippen LogP contribution in [0.3, 0.4) is 0 Å². The number of thiophene rings is 1. The van der Waals surface area contributed by atoms with Crippen molar-refractivity contribution in [3.05, 3.63) is 21.3 Å². The van der Waals surface area contributed by atoms with E-state index in [1.807, 2.05) is 13.0 Å². The molecule has 0 saturated heterocycles. The first-order valence-electron chi connectivity index (χ1n) is 8.18. The lowest BCUT2D eigenvalue weighted by Gasteiger charge is -2.23.